The van der Waals surface area contributed by atoms with Crippen molar-refractivity contribution in [2.75, 3.05) is 38.5 Å². The first-order valence-corrected chi connectivity index (χ1v) is 7.59. The Labute approximate surface area is 120 Å². The average Bonchev–Trinajstić information content (AvgIpc) is 2.41. The standard InChI is InChI=1S/C14H21ClN2S/c15-14-4-2-13(3-5-14)12-17-9-7-16(8-10-17)6-1-11-18/h2-5,18H,1,6-12H2. The van der Waals surface area contributed by atoms with Gasteiger partial charge in [-0.25, -0.2) is 0 Å². The molecule has 100 valence electrons. The number of thiol groups is 1. The Hall–Kier alpha value is -0.220. The van der Waals surface area contributed by atoms with Gasteiger partial charge < -0.3 is 4.90 Å². The SMILES string of the molecule is SCCCN1CCN(Cc2ccc(Cl)cc2)CC1. The van der Waals surface area contributed by atoms with Crippen LogP contribution in [0.5, 0.6) is 0 Å². The third-order valence-corrected chi connectivity index (χ3v) is 3.99. The van der Waals surface area contributed by atoms with Crippen molar-refractivity contribution >= 4 is 24.2 Å². The van der Waals surface area contributed by atoms with E-state index in [0.29, 0.717) is 0 Å². The van der Waals surface area contributed by atoms with Crippen molar-refractivity contribution < 1.29 is 0 Å². The van der Waals surface area contributed by atoms with Crippen molar-refractivity contribution in [3.05, 3.63) is 34.9 Å². The van der Waals surface area contributed by atoms with E-state index in [9.17, 15) is 0 Å². The predicted molar refractivity (Wildman–Crippen MR) is 81.6 cm³/mol. The lowest BCUT2D eigenvalue weighted by Crippen LogP contribution is -2.46. The topological polar surface area (TPSA) is 6.48 Å². The van der Waals surface area contributed by atoms with E-state index in [0.717, 1.165) is 30.4 Å². The summed E-state index contributed by atoms with van der Waals surface area (Å²) in [6, 6.07) is 8.19. The summed E-state index contributed by atoms with van der Waals surface area (Å²) in [4.78, 5) is 5.05. The molecule has 2 rings (SSSR count). The molecule has 1 aromatic carbocycles. The summed E-state index contributed by atoms with van der Waals surface area (Å²) >= 11 is 10.2. The highest BCUT2D eigenvalue weighted by Crippen LogP contribution is 2.13. The van der Waals surface area contributed by atoms with Crippen LogP contribution in [0, 0.1) is 0 Å². The monoisotopic (exact) mass is 284 g/mol. The van der Waals surface area contributed by atoms with E-state index in [4.69, 9.17) is 11.6 Å². The third kappa shape index (κ3) is 4.47. The largest absolute Gasteiger partial charge is 0.301 e. The third-order valence-electron chi connectivity index (χ3n) is 3.42. The molecule has 18 heavy (non-hydrogen) atoms. The molecule has 0 bridgehead atoms. The van der Waals surface area contributed by atoms with Gasteiger partial charge in [-0.05, 0) is 36.4 Å². The Morgan fingerprint density at radius 1 is 1.00 bits per heavy atom. The zero-order chi connectivity index (χ0) is 12.8. The van der Waals surface area contributed by atoms with Crippen LogP contribution < -0.4 is 0 Å². The second-order valence-electron chi connectivity index (χ2n) is 4.82. The van der Waals surface area contributed by atoms with Crippen LogP contribution in [0.15, 0.2) is 24.3 Å². The quantitative estimate of drug-likeness (QED) is 0.831. The number of halogens is 1. The Balaban J connectivity index is 1.74. The van der Waals surface area contributed by atoms with Gasteiger partial charge in [-0.15, -0.1) is 0 Å². The molecule has 0 N–H and O–H groups in total. The van der Waals surface area contributed by atoms with Crippen LogP contribution in [0.1, 0.15) is 12.0 Å². The molecule has 0 aromatic heterocycles. The molecule has 0 unspecified atom stereocenters. The van der Waals surface area contributed by atoms with Crippen molar-refractivity contribution in [3.63, 3.8) is 0 Å². The van der Waals surface area contributed by atoms with Crippen LogP contribution >= 0.6 is 24.2 Å². The van der Waals surface area contributed by atoms with E-state index < -0.39 is 0 Å². The number of benzene rings is 1. The van der Waals surface area contributed by atoms with Crippen molar-refractivity contribution in [3.8, 4) is 0 Å². The average molecular weight is 285 g/mol. The second-order valence-corrected chi connectivity index (χ2v) is 5.71. The minimum Gasteiger partial charge on any atom is -0.301 e. The van der Waals surface area contributed by atoms with Crippen LogP contribution in [-0.2, 0) is 6.54 Å². The fourth-order valence-corrected chi connectivity index (χ4v) is 2.58. The van der Waals surface area contributed by atoms with Crippen LogP contribution in [-0.4, -0.2) is 48.3 Å². The number of rotatable bonds is 5. The van der Waals surface area contributed by atoms with Crippen LogP contribution in [0.2, 0.25) is 5.02 Å². The number of piperazine rings is 1. The smallest absolute Gasteiger partial charge is 0.0406 e. The first kappa shape index (κ1) is 14.2. The van der Waals surface area contributed by atoms with E-state index in [1.54, 1.807) is 0 Å². The van der Waals surface area contributed by atoms with Gasteiger partial charge in [0.2, 0.25) is 0 Å². The summed E-state index contributed by atoms with van der Waals surface area (Å²) in [5.41, 5.74) is 1.35. The van der Waals surface area contributed by atoms with E-state index in [2.05, 4.69) is 34.6 Å². The maximum absolute atomic E-state index is 5.90. The zero-order valence-electron chi connectivity index (χ0n) is 10.7. The summed E-state index contributed by atoms with van der Waals surface area (Å²) in [6.07, 6.45) is 1.19. The first-order valence-electron chi connectivity index (χ1n) is 6.58. The van der Waals surface area contributed by atoms with Crippen molar-refractivity contribution in [1.82, 2.24) is 9.80 Å². The number of hydrogen-bond donors (Lipinski definition) is 1. The predicted octanol–water partition coefficient (Wildman–Crippen LogP) is 2.78. The molecule has 4 heteroatoms. The van der Waals surface area contributed by atoms with Crippen LogP contribution in [0.25, 0.3) is 0 Å². The Morgan fingerprint density at radius 3 is 2.22 bits per heavy atom. The highest BCUT2D eigenvalue weighted by molar-refractivity contribution is 7.80. The maximum atomic E-state index is 5.90. The molecule has 1 aliphatic rings. The van der Waals surface area contributed by atoms with Gasteiger partial charge in [-0.1, -0.05) is 23.7 Å². The van der Waals surface area contributed by atoms with Gasteiger partial charge in [0.15, 0.2) is 0 Å². The molecule has 0 amide bonds. The molecule has 2 nitrogen and oxygen atoms in total. The van der Waals surface area contributed by atoms with Gasteiger partial charge >= 0.3 is 0 Å². The Bertz CT molecular complexity index is 347. The highest BCUT2D eigenvalue weighted by Gasteiger charge is 2.16. The van der Waals surface area contributed by atoms with Crippen LogP contribution in [0.3, 0.4) is 0 Å². The van der Waals surface area contributed by atoms with Crippen molar-refractivity contribution in [2.24, 2.45) is 0 Å². The molecule has 0 aliphatic carbocycles. The van der Waals surface area contributed by atoms with Gasteiger partial charge in [0, 0.05) is 37.7 Å². The van der Waals surface area contributed by atoms with E-state index in [-0.39, 0.29) is 0 Å². The minimum atomic E-state index is 0.815. The Kier molecular flexibility index (Phi) is 5.83. The zero-order valence-corrected chi connectivity index (χ0v) is 12.3. The summed E-state index contributed by atoms with van der Waals surface area (Å²) in [5.74, 6) is 0.991. The second kappa shape index (κ2) is 7.39. The minimum absolute atomic E-state index is 0.815. The van der Waals surface area contributed by atoms with Gasteiger partial charge in [0.25, 0.3) is 0 Å². The molecule has 1 fully saturated rings. The summed E-state index contributed by atoms with van der Waals surface area (Å²) in [6.45, 7) is 6.92. The molecule has 0 spiro atoms. The lowest BCUT2D eigenvalue weighted by atomic mass is 10.2. The summed E-state index contributed by atoms with van der Waals surface area (Å²) in [7, 11) is 0. The summed E-state index contributed by atoms with van der Waals surface area (Å²) < 4.78 is 0. The van der Waals surface area contributed by atoms with Gasteiger partial charge in [-0.2, -0.15) is 12.6 Å². The maximum Gasteiger partial charge on any atom is 0.0406 e. The molecule has 1 heterocycles. The normalized spacial score (nSPS) is 18.1. The van der Waals surface area contributed by atoms with Gasteiger partial charge in [0.05, 0.1) is 0 Å². The molecular weight excluding hydrogens is 264 g/mol. The van der Waals surface area contributed by atoms with Crippen LogP contribution in [0.4, 0.5) is 0 Å². The fourth-order valence-electron chi connectivity index (χ4n) is 2.31. The van der Waals surface area contributed by atoms with Crippen molar-refractivity contribution in [1.29, 1.82) is 0 Å². The van der Waals surface area contributed by atoms with E-state index in [1.165, 1.54) is 31.6 Å². The number of nitrogens with zero attached hydrogens (tertiary/aromatic N) is 2. The van der Waals surface area contributed by atoms with E-state index in [1.807, 2.05) is 12.1 Å². The lowest BCUT2D eigenvalue weighted by Gasteiger charge is -2.34. The Morgan fingerprint density at radius 2 is 1.61 bits per heavy atom. The first-order chi connectivity index (χ1) is 8.78. The lowest BCUT2D eigenvalue weighted by molar-refractivity contribution is 0.127. The molecule has 1 aliphatic heterocycles. The summed E-state index contributed by atoms with van der Waals surface area (Å²) in [5, 5.41) is 0.815. The van der Waals surface area contributed by atoms with Gasteiger partial charge in [-0.3, -0.25) is 4.90 Å². The molecule has 1 aromatic rings. The molecule has 0 radical (unpaired) electrons. The number of hydrogen-bond acceptors (Lipinski definition) is 3. The fraction of sp³-hybridized carbons (Fsp3) is 0.571. The van der Waals surface area contributed by atoms with Crippen molar-refractivity contribution in [2.45, 2.75) is 13.0 Å². The molecule has 0 atom stereocenters. The molecular formula is C14H21ClN2S. The molecule has 0 saturated carbocycles. The van der Waals surface area contributed by atoms with Gasteiger partial charge in [0.1, 0.15) is 0 Å². The van der Waals surface area contributed by atoms with E-state index >= 15 is 0 Å². The molecule has 1 saturated heterocycles. The highest BCUT2D eigenvalue weighted by atomic mass is 35.5.